The van der Waals surface area contributed by atoms with Crippen LogP contribution < -0.4 is 9.64 Å². The molecule has 0 fully saturated rings. The molecule has 0 aliphatic rings. The molecular formula is C22H20N2O5S2. The lowest BCUT2D eigenvalue weighted by molar-refractivity contribution is 0.0983. The van der Waals surface area contributed by atoms with Crippen molar-refractivity contribution in [2.24, 2.45) is 0 Å². The van der Waals surface area contributed by atoms with E-state index in [4.69, 9.17) is 9.15 Å². The van der Waals surface area contributed by atoms with Gasteiger partial charge in [-0.25, -0.2) is 13.4 Å². The van der Waals surface area contributed by atoms with Gasteiger partial charge in [-0.3, -0.25) is 9.69 Å². The predicted octanol–water partition coefficient (Wildman–Crippen LogP) is 4.54. The second kappa shape index (κ2) is 8.52. The van der Waals surface area contributed by atoms with E-state index in [0.717, 1.165) is 4.70 Å². The van der Waals surface area contributed by atoms with Gasteiger partial charge in [-0.05, 0) is 42.5 Å². The third-order valence-corrected chi connectivity index (χ3v) is 7.57. The van der Waals surface area contributed by atoms with Gasteiger partial charge in [0.25, 0.3) is 5.91 Å². The lowest BCUT2D eigenvalue weighted by Crippen LogP contribution is -2.30. The topological polar surface area (TPSA) is 89.7 Å². The van der Waals surface area contributed by atoms with Gasteiger partial charge in [-0.15, -0.1) is 0 Å². The van der Waals surface area contributed by atoms with Gasteiger partial charge in [0, 0.05) is 11.6 Å². The lowest BCUT2D eigenvalue weighted by Gasteiger charge is -2.19. The number of amides is 1. The zero-order valence-electron chi connectivity index (χ0n) is 16.9. The van der Waals surface area contributed by atoms with Gasteiger partial charge < -0.3 is 9.15 Å². The molecule has 0 saturated carbocycles. The molecule has 2 aromatic carbocycles. The highest BCUT2D eigenvalue weighted by Crippen LogP contribution is 2.33. The van der Waals surface area contributed by atoms with Crippen LogP contribution in [0.2, 0.25) is 0 Å². The van der Waals surface area contributed by atoms with Crippen LogP contribution in [0.25, 0.3) is 10.2 Å². The van der Waals surface area contributed by atoms with E-state index in [9.17, 15) is 13.2 Å². The fraction of sp³-hybridized carbons (Fsp3) is 0.182. The Morgan fingerprint density at radius 3 is 2.71 bits per heavy atom. The lowest BCUT2D eigenvalue weighted by atomic mass is 10.2. The van der Waals surface area contributed by atoms with Gasteiger partial charge in [0.15, 0.2) is 15.0 Å². The van der Waals surface area contributed by atoms with Crippen LogP contribution in [-0.2, 0) is 16.4 Å². The number of aromatic nitrogens is 1. The molecule has 0 atom stereocenters. The summed E-state index contributed by atoms with van der Waals surface area (Å²) < 4.78 is 36.2. The third kappa shape index (κ3) is 4.33. The van der Waals surface area contributed by atoms with Gasteiger partial charge in [-0.2, -0.15) is 0 Å². The highest BCUT2D eigenvalue weighted by molar-refractivity contribution is 7.91. The largest absolute Gasteiger partial charge is 0.497 e. The minimum atomic E-state index is -3.44. The molecule has 160 valence electrons. The number of furan rings is 1. The highest BCUT2D eigenvalue weighted by atomic mass is 32.2. The van der Waals surface area contributed by atoms with Crippen molar-refractivity contribution in [2.75, 3.05) is 17.8 Å². The Morgan fingerprint density at radius 2 is 2.00 bits per heavy atom. The number of hydrogen-bond acceptors (Lipinski definition) is 7. The molecule has 0 unspecified atom stereocenters. The number of thiazole rings is 1. The first-order valence-electron chi connectivity index (χ1n) is 9.53. The van der Waals surface area contributed by atoms with Crippen LogP contribution >= 0.6 is 11.3 Å². The molecule has 7 nitrogen and oxygen atoms in total. The van der Waals surface area contributed by atoms with E-state index >= 15 is 0 Å². The molecule has 0 saturated heterocycles. The number of fused-ring (bicyclic) bond motifs is 1. The van der Waals surface area contributed by atoms with Gasteiger partial charge >= 0.3 is 0 Å². The van der Waals surface area contributed by atoms with E-state index in [1.54, 1.807) is 44.4 Å². The van der Waals surface area contributed by atoms with Crippen LogP contribution in [0.4, 0.5) is 5.13 Å². The van der Waals surface area contributed by atoms with E-state index in [0.29, 0.717) is 22.2 Å². The second-order valence-corrected chi connectivity index (χ2v) is 10.0. The van der Waals surface area contributed by atoms with E-state index in [1.807, 2.05) is 12.1 Å². The summed E-state index contributed by atoms with van der Waals surface area (Å²) in [6.45, 7) is 1.73. The molecule has 9 heteroatoms. The summed E-state index contributed by atoms with van der Waals surface area (Å²) in [5.41, 5.74) is 0.969. The predicted molar refractivity (Wildman–Crippen MR) is 120 cm³/mol. The molecule has 2 heterocycles. The quantitative estimate of drug-likeness (QED) is 0.406. The molecule has 0 aliphatic heterocycles. The average molecular weight is 457 g/mol. The van der Waals surface area contributed by atoms with Gasteiger partial charge in [-0.1, -0.05) is 24.3 Å². The van der Waals surface area contributed by atoms with Crippen LogP contribution in [0.5, 0.6) is 5.75 Å². The van der Waals surface area contributed by atoms with E-state index in [2.05, 4.69) is 4.98 Å². The Kier molecular flexibility index (Phi) is 5.79. The number of anilines is 1. The molecule has 0 spiro atoms. The Bertz CT molecular complexity index is 1330. The van der Waals surface area contributed by atoms with Crippen molar-refractivity contribution in [3.8, 4) is 5.75 Å². The molecule has 2 aromatic heterocycles. The zero-order chi connectivity index (χ0) is 22.0. The second-order valence-electron chi connectivity index (χ2n) is 6.73. The molecular weight excluding hydrogens is 436 g/mol. The highest BCUT2D eigenvalue weighted by Gasteiger charge is 2.24. The molecule has 1 amide bonds. The molecule has 0 bridgehead atoms. The summed E-state index contributed by atoms with van der Waals surface area (Å²) in [6.07, 6.45) is 1.54. The van der Waals surface area contributed by atoms with Gasteiger partial charge in [0.05, 0.1) is 40.8 Å². The summed E-state index contributed by atoms with van der Waals surface area (Å²) in [6, 6.07) is 15.1. The first kappa shape index (κ1) is 21.1. The minimum Gasteiger partial charge on any atom is -0.497 e. The monoisotopic (exact) mass is 456 g/mol. The molecule has 0 N–H and O–H groups in total. The Balaban J connectivity index is 1.77. The third-order valence-electron chi connectivity index (χ3n) is 4.77. The molecule has 0 radical (unpaired) electrons. The van der Waals surface area contributed by atoms with Crippen molar-refractivity contribution in [3.05, 3.63) is 72.2 Å². The smallest absolute Gasteiger partial charge is 0.260 e. The Morgan fingerprint density at radius 1 is 1.16 bits per heavy atom. The molecule has 4 aromatic rings. The van der Waals surface area contributed by atoms with Crippen LogP contribution in [0.15, 0.2) is 70.2 Å². The van der Waals surface area contributed by atoms with Crippen LogP contribution in [-0.4, -0.2) is 32.2 Å². The number of carbonyl (C=O) groups is 1. The standard InChI is InChI=1S/C22H20N2O5S2/c1-3-31(26,27)18-8-4-6-15(12-18)21(25)24(14-17-7-5-11-29-17)22-23-19-13-16(28-2)9-10-20(19)30-22/h4-13H,3,14H2,1-2H3. The molecule has 0 aliphatic carbocycles. The maximum absolute atomic E-state index is 13.5. The fourth-order valence-electron chi connectivity index (χ4n) is 3.07. The first-order chi connectivity index (χ1) is 14.9. The number of hydrogen-bond donors (Lipinski definition) is 0. The maximum Gasteiger partial charge on any atom is 0.260 e. The van der Waals surface area contributed by atoms with Crippen molar-refractivity contribution < 1.29 is 22.4 Å². The maximum atomic E-state index is 13.5. The van der Waals surface area contributed by atoms with Crippen molar-refractivity contribution in [1.82, 2.24) is 4.98 Å². The normalized spacial score (nSPS) is 11.5. The number of nitrogens with zero attached hydrogens (tertiary/aromatic N) is 2. The number of ether oxygens (including phenoxy) is 1. The van der Waals surface area contributed by atoms with Crippen molar-refractivity contribution in [1.29, 1.82) is 0 Å². The number of rotatable bonds is 7. The summed E-state index contributed by atoms with van der Waals surface area (Å²) in [5, 5.41) is 0.480. The molecule has 31 heavy (non-hydrogen) atoms. The summed E-state index contributed by atoms with van der Waals surface area (Å²) >= 11 is 1.36. The molecule has 4 rings (SSSR count). The number of sulfone groups is 1. The van der Waals surface area contributed by atoms with E-state index < -0.39 is 9.84 Å². The Hall–Kier alpha value is -3.17. The van der Waals surface area contributed by atoms with Gasteiger partial charge in [0.1, 0.15) is 11.5 Å². The van der Waals surface area contributed by atoms with Crippen LogP contribution in [0.1, 0.15) is 23.0 Å². The minimum absolute atomic E-state index is 0.0412. The summed E-state index contributed by atoms with van der Waals surface area (Å²) in [5.74, 6) is 0.851. The van der Waals surface area contributed by atoms with Gasteiger partial charge in [0.2, 0.25) is 0 Å². The van der Waals surface area contributed by atoms with Crippen LogP contribution in [0, 0.1) is 0 Å². The summed E-state index contributed by atoms with van der Waals surface area (Å²) in [7, 11) is -1.86. The van der Waals surface area contributed by atoms with E-state index in [-0.39, 0.29) is 28.7 Å². The Labute approximate surface area is 183 Å². The number of methoxy groups -OCH3 is 1. The van der Waals surface area contributed by atoms with Crippen LogP contribution in [0.3, 0.4) is 0 Å². The van der Waals surface area contributed by atoms with Crippen molar-refractivity contribution >= 4 is 42.4 Å². The SMILES string of the molecule is CCS(=O)(=O)c1cccc(C(=O)N(Cc2ccco2)c2nc3cc(OC)ccc3s2)c1. The average Bonchev–Trinajstić information content (AvgIpc) is 3.46. The fourth-order valence-corrected chi connectivity index (χ4v) is 4.94. The van der Waals surface area contributed by atoms with E-state index in [1.165, 1.54) is 34.6 Å². The number of benzene rings is 2. The van der Waals surface area contributed by atoms with Crippen molar-refractivity contribution in [3.63, 3.8) is 0 Å². The van der Waals surface area contributed by atoms with Crippen molar-refractivity contribution in [2.45, 2.75) is 18.4 Å². The summed E-state index contributed by atoms with van der Waals surface area (Å²) in [4.78, 5) is 19.7. The number of carbonyl (C=O) groups excluding carboxylic acids is 1. The first-order valence-corrected chi connectivity index (χ1v) is 12.0. The zero-order valence-corrected chi connectivity index (χ0v) is 18.6.